The predicted molar refractivity (Wildman–Crippen MR) is 85.7 cm³/mol. The highest BCUT2D eigenvalue weighted by atomic mass is 79.9. The maximum absolute atomic E-state index is 12.5. The van der Waals surface area contributed by atoms with E-state index in [-0.39, 0.29) is 11.5 Å². The van der Waals surface area contributed by atoms with Crippen LogP contribution in [0.25, 0.3) is 0 Å². The van der Waals surface area contributed by atoms with Gasteiger partial charge < -0.3 is 5.11 Å². The van der Waals surface area contributed by atoms with Crippen LogP contribution >= 0.6 is 27.3 Å². The fraction of sp³-hybridized carbons (Fsp3) is 0.308. The van der Waals surface area contributed by atoms with Crippen molar-refractivity contribution in [3.8, 4) is 0 Å². The highest BCUT2D eigenvalue weighted by Gasteiger charge is 2.22. The molecule has 1 atom stereocenters. The predicted octanol–water partition coefficient (Wildman–Crippen LogP) is 2.75. The second kappa shape index (κ2) is 6.53. The summed E-state index contributed by atoms with van der Waals surface area (Å²) in [6, 6.07) is 4.31. The molecule has 114 valence electrons. The minimum absolute atomic E-state index is 0.106. The lowest BCUT2D eigenvalue weighted by Crippen LogP contribution is -2.27. The highest BCUT2D eigenvalue weighted by Crippen LogP contribution is 2.26. The molecule has 2 N–H and O–H groups in total. The number of hydrogen-bond acceptors (Lipinski definition) is 5. The Morgan fingerprint density at radius 2 is 2.19 bits per heavy atom. The van der Waals surface area contributed by atoms with E-state index in [0.717, 1.165) is 4.88 Å². The molecular weight excluding hydrogens is 376 g/mol. The normalized spacial score (nSPS) is 13.3. The lowest BCUT2D eigenvalue weighted by atomic mass is 10.2. The summed E-state index contributed by atoms with van der Waals surface area (Å²) in [5.74, 6) is 0. The maximum atomic E-state index is 12.5. The van der Waals surface area contributed by atoms with Gasteiger partial charge in [0.05, 0.1) is 17.5 Å². The third-order valence-electron chi connectivity index (χ3n) is 2.81. The first kappa shape index (κ1) is 16.6. The average Bonchev–Trinajstić information content (AvgIpc) is 2.85. The first-order valence-electron chi connectivity index (χ1n) is 6.17. The number of aliphatic hydroxyl groups is 1. The molecule has 1 aromatic heterocycles. The molecule has 0 aliphatic rings. The summed E-state index contributed by atoms with van der Waals surface area (Å²) in [7, 11) is -3.70. The molecule has 0 aliphatic heterocycles. The van der Waals surface area contributed by atoms with Crippen molar-refractivity contribution in [1.82, 2.24) is 9.71 Å². The number of aliphatic hydroxyl groups excluding tert-OH is 1. The number of hydrogen-bond donors (Lipinski definition) is 2. The van der Waals surface area contributed by atoms with Gasteiger partial charge in [-0.3, -0.25) is 0 Å². The van der Waals surface area contributed by atoms with Crippen LogP contribution in [0.4, 0.5) is 0 Å². The number of aryl methyl sites for hydroxylation is 1. The van der Waals surface area contributed by atoms with Crippen LogP contribution in [0.15, 0.2) is 33.8 Å². The minimum atomic E-state index is -3.70. The van der Waals surface area contributed by atoms with Gasteiger partial charge in [0.25, 0.3) is 0 Å². The Kier molecular flexibility index (Phi) is 5.15. The summed E-state index contributed by atoms with van der Waals surface area (Å²) >= 11 is 4.69. The van der Waals surface area contributed by atoms with E-state index in [1.54, 1.807) is 25.3 Å². The molecular formula is C13H15BrN2O3S2. The second-order valence-corrected chi connectivity index (χ2v) is 8.38. The van der Waals surface area contributed by atoms with E-state index in [9.17, 15) is 8.42 Å². The number of halogens is 1. The van der Waals surface area contributed by atoms with E-state index >= 15 is 0 Å². The zero-order chi connectivity index (χ0) is 15.6. The summed E-state index contributed by atoms with van der Waals surface area (Å²) in [6.45, 7) is 3.46. The highest BCUT2D eigenvalue weighted by molar-refractivity contribution is 9.10. The Hall–Kier alpha value is -0.800. The van der Waals surface area contributed by atoms with Crippen molar-refractivity contribution in [1.29, 1.82) is 0 Å². The first-order valence-corrected chi connectivity index (χ1v) is 9.26. The lowest BCUT2D eigenvalue weighted by Gasteiger charge is -2.13. The molecule has 5 nitrogen and oxygen atoms in total. The van der Waals surface area contributed by atoms with E-state index in [4.69, 9.17) is 5.11 Å². The molecule has 1 aromatic carbocycles. The fourth-order valence-electron chi connectivity index (χ4n) is 1.77. The molecule has 0 amide bonds. The van der Waals surface area contributed by atoms with Gasteiger partial charge in [0.2, 0.25) is 10.0 Å². The van der Waals surface area contributed by atoms with Crippen LogP contribution in [0.3, 0.4) is 0 Å². The molecule has 0 saturated carbocycles. The van der Waals surface area contributed by atoms with Crippen molar-refractivity contribution < 1.29 is 13.5 Å². The van der Waals surface area contributed by atoms with Gasteiger partial charge in [-0.15, -0.1) is 11.3 Å². The average molecular weight is 391 g/mol. The zero-order valence-electron chi connectivity index (χ0n) is 11.5. The maximum Gasteiger partial charge on any atom is 0.242 e. The SMILES string of the molecule is Cc1cnc(C(C)NS(=O)(=O)c2cc(CO)ccc2Br)s1. The molecule has 0 aliphatic carbocycles. The molecule has 0 spiro atoms. The Balaban J connectivity index is 2.30. The van der Waals surface area contributed by atoms with Crippen LogP contribution in [-0.2, 0) is 16.6 Å². The molecule has 0 saturated heterocycles. The molecule has 2 rings (SSSR count). The van der Waals surface area contributed by atoms with Crippen LogP contribution in [-0.4, -0.2) is 18.5 Å². The molecule has 21 heavy (non-hydrogen) atoms. The summed E-state index contributed by atoms with van der Waals surface area (Å²) in [6.07, 6.45) is 1.72. The third kappa shape index (κ3) is 3.89. The van der Waals surface area contributed by atoms with Crippen LogP contribution in [0, 0.1) is 6.92 Å². The van der Waals surface area contributed by atoms with Gasteiger partial charge >= 0.3 is 0 Å². The van der Waals surface area contributed by atoms with Crippen LogP contribution in [0.1, 0.15) is 28.4 Å². The quantitative estimate of drug-likeness (QED) is 0.822. The monoisotopic (exact) mass is 390 g/mol. The van der Waals surface area contributed by atoms with Gasteiger partial charge in [-0.05, 0) is 47.5 Å². The molecule has 1 unspecified atom stereocenters. The Morgan fingerprint density at radius 1 is 1.48 bits per heavy atom. The number of aromatic nitrogens is 1. The number of benzene rings is 1. The molecule has 1 heterocycles. The molecule has 8 heteroatoms. The molecule has 0 bridgehead atoms. The van der Waals surface area contributed by atoms with Crippen molar-refractivity contribution in [3.63, 3.8) is 0 Å². The molecule has 2 aromatic rings. The number of nitrogens with zero attached hydrogens (tertiary/aromatic N) is 1. The van der Waals surface area contributed by atoms with Crippen molar-refractivity contribution >= 4 is 37.3 Å². The van der Waals surface area contributed by atoms with E-state index in [2.05, 4.69) is 25.6 Å². The summed E-state index contributed by atoms with van der Waals surface area (Å²) in [5, 5.41) is 9.86. The lowest BCUT2D eigenvalue weighted by molar-refractivity contribution is 0.281. The van der Waals surface area contributed by atoms with Gasteiger partial charge in [-0.25, -0.2) is 18.1 Å². The van der Waals surface area contributed by atoms with E-state index in [0.29, 0.717) is 15.0 Å². The zero-order valence-corrected chi connectivity index (χ0v) is 14.7. The fourth-order valence-corrected chi connectivity index (χ4v) is 4.84. The van der Waals surface area contributed by atoms with Crippen molar-refractivity contribution in [2.75, 3.05) is 0 Å². The van der Waals surface area contributed by atoms with E-state index < -0.39 is 16.1 Å². The van der Waals surface area contributed by atoms with Gasteiger partial charge in [-0.2, -0.15) is 0 Å². The van der Waals surface area contributed by atoms with E-state index in [1.807, 2.05) is 6.92 Å². The summed E-state index contributed by atoms with van der Waals surface area (Å²) < 4.78 is 28.0. The topological polar surface area (TPSA) is 79.3 Å². The van der Waals surface area contributed by atoms with Gasteiger partial charge in [-0.1, -0.05) is 6.07 Å². The van der Waals surface area contributed by atoms with Gasteiger partial charge in [0.15, 0.2) is 0 Å². The first-order chi connectivity index (χ1) is 9.83. The van der Waals surface area contributed by atoms with Crippen LogP contribution < -0.4 is 4.72 Å². The minimum Gasteiger partial charge on any atom is -0.392 e. The van der Waals surface area contributed by atoms with Crippen molar-refractivity contribution in [3.05, 3.63) is 44.3 Å². The van der Waals surface area contributed by atoms with Crippen molar-refractivity contribution in [2.24, 2.45) is 0 Å². The molecule has 0 fully saturated rings. The van der Waals surface area contributed by atoms with E-state index in [1.165, 1.54) is 17.4 Å². The Labute approximate surface area is 136 Å². The Morgan fingerprint density at radius 3 is 2.76 bits per heavy atom. The third-order valence-corrected chi connectivity index (χ3v) is 6.44. The van der Waals surface area contributed by atoms with Crippen LogP contribution in [0.5, 0.6) is 0 Å². The van der Waals surface area contributed by atoms with Gasteiger partial charge in [0, 0.05) is 15.5 Å². The standard InChI is InChI=1S/C13H15BrN2O3S2/c1-8-6-15-13(20-8)9(2)16-21(18,19)12-5-10(7-17)3-4-11(12)14/h3-6,9,16-17H,7H2,1-2H3. The number of nitrogens with one attached hydrogen (secondary N) is 1. The largest absolute Gasteiger partial charge is 0.392 e. The number of rotatable bonds is 5. The van der Waals surface area contributed by atoms with Gasteiger partial charge in [0.1, 0.15) is 5.01 Å². The summed E-state index contributed by atoms with van der Waals surface area (Å²) in [4.78, 5) is 5.32. The van der Waals surface area contributed by atoms with Crippen molar-refractivity contribution in [2.45, 2.75) is 31.4 Å². The second-order valence-electron chi connectivity index (χ2n) is 4.58. The number of thiazole rings is 1. The van der Waals surface area contributed by atoms with Crippen LogP contribution in [0.2, 0.25) is 0 Å². The summed E-state index contributed by atoms with van der Waals surface area (Å²) in [5.41, 5.74) is 0.538. The smallest absolute Gasteiger partial charge is 0.242 e. The molecule has 0 radical (unpaired) electrons. The number of sulfonamides is 1. The Bertz CT molecular complexity index is 744.